The molecule has 1 aromatic rings. The van der Waals surface area contributed by atoms with Gasteiger partial charge in [0.15, 0.2) is 0 Å². The Morgan fingerprint density at radius 2 is 2.00 bits per heavy atom. The van der Waals surface area contributed by atoms with Crippen molar-refractivity contribution >= 4 is 11.8 Å². The Hall–Kier alpha value is -1.36. The number of hydrogen-bond acceptors (Lipinski definition) is 5. The van der Waals surface area contributed by atoms with E-state index in [9.17, 15) is 0 Å². The summed E-state index contributed by atoms with van der Waals surface area (Å²) >= 11 is 0. The van der Waals surface area contributed by atoms with Crippen LogP contribution in [-0.4, -0.2) is 47.6 Å². The monoisotopic (exact) mass is 263 g/mol. The van der Waals surface area contributed by atoms with Crippen molar-refractivity contribution in [3.05, 3.63) is 11.8 Å². The average molecular weight is 263 g/mol. The van der Waals surface area contributed by atoms with Gasteiger partial charge in [-0.25, -0.2) is 4.98 Å². The van der Waals surface area contributed by atoms with Gasteiger partial charge in [-0.1, -0.05) is 6.42 Å². The first kappa shape index (κ1) is 14.1. The Balaban J connectivity index is 1.82. The van der Waals surface area contributed by atoms with Gasteiger partial charge < -0.3 is 15.5 Å². The zero-order valence-corrected chi connectivity index (χ0v) is 12.1. The molecule has 5 heteroatoms. The van der Waals surface area contributed by atoms with Gasteiger partial charge in [-0.15, -0.1) is 0 Å². The molecule has 0 atom stereocenters. The van der Waals surface area contributed by atoms with Crippen molar-refractivity contribution in [2.75, 3.05) is 43.4 Å². The fourth-order valence-corrected chi connectivity index (χ4v) is 2.38. The lowest BCUT2D eigenvalue weighted by molar-refractivity contribution is 0.237. The van der Waals surface area contributed by atoms with E-state index in [4.69, 9.17) is 0 Å². The van der Waals surface area contributed by atoms with E-state index in [-0.39, 0.29) is 0 Å². The predicted octanol–water partition coefficient (Wildman–Crippen LogP) is 2.11. The first-order valence-corrected chi connectivity index (χ1v) is 7.33. The Kier molecular flexibility index (Phi) is 5.39. The number of anilines is 2. The molecule has 0 saturated carbocycles. The number of likely N-dealkylation sites (tertiary alicyclic amines) is 1. The van der Waals surface area contributed by atoms with Gasteiger partial charge in [-0.05, 0) is 39.8 Å². The van der Waals surface area contributed by atoms with Gasteiger partial charge in [-0.2, -0.15) is 4.98 Å². The molecule has 2 N–H and O–H groups in total. The Morgan fingerprint density at radius 1 is 1.21 bits per heavy atom. The Morgan fingerprint density at radius 3 is 2.74 bits per heavy atom. The molecule has 19 heavy (non-hydrogen) atoms. The zero-order valence-electron chi connectivity index (χ0n) is 12.1. The molecule has 2 rings (SSSR count). The molecule has 1 saturated heterocycles. The zero-order chi connectivity index (χ0) is 13.5. The van der Waals surface area contributed by atoms with Crippen molar-refractivity contribution in [3.8, 4) is 0 Å². The maximum Gasteiger partial charge on any atom is 0.224 e. The summed E-state index contributed by atoms with van der Waals surface area (Å²) in [5.41, 5.74) is 1.10. The standard InChI is InChI=1S/C14H25N5/c1-3-15-14-17-11-12(2)13(18-14)16-7-10-19-8-5-4-6-9-19/h11H,3-10H2,1-2H3,(H2,15,16,17,18). The number of aryl methyl sites for hydroxylation is 1. The molecule has 1 aromatic heterocycles. The minimum atomic E-state index is 0.702. The van der Waals surface area contributed by atoms with Crippen LogP contribution in [-0.2, 0) is 0 Å². The highest BCUT2D eigenvalue weighted by Gasteiger charge is 2.09. The summed E-state index contributed by atoms with van der Waals surface area (Å²) in [5.74, 6) is 1.65. The van der Waals surface area contributed by atoms with E-state index in [1.54, 1.807) is 0 Å². The maximum absolute atomic E-state index is 4.49. The number of aromatic nitrogens is 2. The lowest BCUT2D eigenvalue weighted by Crippen LogP contribution is -2.33. The summed E-state index contributed by atoms with van der Waals surface area (Å²) < 4.78 is 0. The average Bonchev–Trinajstić information content (AvgIpc) is 2.44. The van der Waals surface area contributed by atoms with Crippen LogP contribution in [0, 0.1) is 6.92 Å². The van der Waals surface area contributed by atoms with Crippen LogP contribution in [0.1, 0.15) is 31.7 Å². The van der Waals surface area contributed by atoms with Gasteiger partial charge in [0.25, 0.3) is 0 Å². The van der Waals surface area contributed by atoms with Crippen molar-refractivity contribution < 1.29 is 0 Å². The largest absolute Gasteiger partial charge is 0.368 e. The topological polar surface area (TPSA) is 53.1 Å². The Bertz CT molecular complexity index is 387. The minimum absolute atomic E-state index is 0.702. The molecule has 1 fully saturated rings. The molecule has 1 aliphatic heterocycles. The molecule has 0 bridgehead atoms. The summed E-state index contributed by atoms with van der Waals surface area (Å²) in [4.78, 5) is 11.3. The Labute approximate surface area is 115 Å². The summed E-state index contributed by atoms with van der Waals surface area (Å²) in [7, 11) is 0. The molecular formula is C14H25N5. The first-order valence-electron chi connectivity index (χ1n) is 7.33. The van der Waals surface area contributed by atoms with Crippen molar-refractivity contribution in [1.82, 2.24) is 14.9 Å². The van der Waals surface area contributed by atoms with Gasteiger partial charge in [0.05, 0.1) is 0 Å². The number of hydrogen-bond donors (Lipinski definition) is 2. The van der Waals surface area contributed by atoms with Gasteiger partial charge in [0.2, 0.25) is 5.95 Å². The first-order chi connectivity index (χ1) is 9.29. The normalized spacial score (nSPS) is 16.3. The quantitative estimate of drug-likeness (QED) is 0.823. The lowest BCUT2D eigenvalue weighted by atomic mass is 10.1. The number of rotatable bonds is 6. The molecule has 0 unspecified atom stereocenters. The molecule has 0 radical (unpaired) electrons. The van der Waals surface area contributed by atoms with E-state index >= 15 is 0 Å². The number of nitrogens with one attached hydrogen (secondary N) is 2. The van der Waals surface area contributed by atoms with Gasteiger partial charge in [-0.3, -0.25) is 0 Å². The molecule has 0 spiro atoms. The van der Waals surface area contributed by atoms with Crippen LogP contribution < -0.4 is 10.6 Å². The summed E-state index contributed by atoms with van der Waals surface area (Å²) in [5, 5.41) is 6.57. The third-order valence-electron chi connectivity index (χ3n) is 3.48. The second-order valence-electron chi connectivity index (χ2n) is 5.08. The second-order valence-corrected chi connectivity index (χ2v) is 5.08. The third kappa shape index (κ3) is 4.35. The predicted molar refractivity (Wildman–Crippen MR) is 79.7 cm³/mol. The third-order valence-corrected chi connectivity index (χ3v) is 3.48. The van der Waals surface area contributed by atoms with Gasteiger partial charge >= 0.3 is 0 Å². The van der Waals surface area contributed by atoms with Crippen molar-refractivity contribution in [2.24, 2.45) is 0 Å². The van der Waals surface area contributed by atoms with E-state index in [1.165, 1.54) is 32.4 Å². The summed E-state index contributed by atoms with van der Waals surface area (Å²) in [6, 6.07) is 0. The van der Waals surface area contributed by atoms with Crippen LogP contribution >= 0.6 is 0 Å². The van der Waals surface area contributed by atoms with E-state index < -0.39 is 0 Å². The maximum atomic E-state index is 4.49. The van der Waals surface area contributed by atoms with Gasteiger partial charge in [0, 0.05) is 31.4 Å². The fourth-order valence-electron chi connectivity index (χ4n) is 2.38. The van der Waals surface area contributed by atoms with Crippen molar-refractivity contribution in [3.63, 3.8) is 0 Å². The molecule has 5 nitrogen and oxygen atoms in total. The SMILES string of the molecule is CCNc1ncc(C)c(NCCN2CCCCC2)n1. The summed E-state index contributed by atoms with van der Waals surface area (Å²) in [6.07, 6.45) is 5.95. The van der Waals surface area contributed by atoms with E-state index in [0.29, 0.717) is 5.95 Å². The van der Waals surface area contributed by atoms with Crippen molar-refractivity contribution in [1.29, 1.82) is 0 Å². The second kappa shape index (κ2) is 7.28. The fraction of sp³-hybridized carbons (Fsp3) is 0.714. The minimum Gasteiger partial charge on any atom is -0.368 e. The van der Waals surface area contributed by atoms with Crippen molar-refractivity contribution in [2.45, 2.75) is 33.1 Å². The van der Waals surface area contributed by atoms with Crippen LogP contribution in [0.2, 0.25) is 0 Å². The van der Waals surface area contributed by atoms with Gasteiger partial charge in [0.1, 0.15) is 5.82 Å². The molecule has 1 aliphatic rings. The number of nitrogens with zero attached hydrogens (tertiary/aromatic N) is 3. The van der Waals surface area contributed by atoms with Crippen LogP contribution in [0.4, 0.5) is 11.8 Å². The smallest absolute Gasteiger partial charge is 0.224 e. The van der Waals surface area contributed by atoms with Crippen LogP contribution in [0.5, 0.6) is 0 Å². The summed E-state index contributed by atoms with van der Waals surface area (Å²) in [6.45, 7) is 9.46. The highest BCUT2D eigenvalue weighted by atomic mass is 15.2. The molecule has 0 amide bonds. The van der Waals surface area contributed by atoms with Crippen LogP contribution in [0.25, 0.3) is 0 Å². The lowest BCUT2D eigenvalue weighted by Gasteiger charge is -2.26. The highest BCUT2D eigenvalue weighted by molar-refractivity contribution is 5.46. The van der Waals surface area contributed by atoms with E-state index in [1.807, 2.05) is 20.0 Å². The van der Waals surface area contributed by atoms with E-state index in [0.717, 1.165) is 31.0 Å². The van der Waals surface area contributed by atoms with Crippen LogP contribution in [0.15, 0.2) is 6.20 Å². The highest BCUT2D eigenvalue weighted by Crippen LogP contribution is 2.12. The number of piperidine rings is 1. The van der Waals surface area contributed by atoms with Crippen LogP contribution in [0.3, 0.4) is 0 Å². The molecular weight excluding hydrogens is 238 g/mol. The molecule has 106 valence electrons. The molecule has 2 heterocycles. The molecule has 0 aromatic carbocycles. The molecule has 0 aliphatic carbocycles. The van der Waals surface area contributed by atoms with E-state index in [2.05, 4.69) is 25.5 Å².